The van der Waals surface area contributed by atoms with Gasteiger partial charge in [-0.05, 0) is 62.5 Å². The lowest BCUT2D eigenvalue weighted by atomic mass is 9.53. The smallest absolute Gasteiger partial charge is 0.190 e. The number of hydrogen-bond donors (Lipinski definition) is 1. The number of hydrogen-bond acceptors (Lipinski definition) is 4. The van der Waals surface area contributed by atoms with Crippen molar-refractivity contribution in [3.8, 4) is 0 Å². The Morgan fingerprint density at radius 3 is 2.30 bits per heavy atom. The molecule has 4 aliphatic rings. The zero-order chi connectivity index (χ0) is 13.7. The van der Waals surface area contributed by atoms with E-state index in [9.17, 15) is 0 Å². The van der Waals surface area contributed by atoms with Crippen LogP contribution in [0.5, 0.6) is 0 Å². The average molecular weight is 310 g/mol. The number of nitrogens with one attached hydrogen (secondary N) is 1. The molecule has 0 amide bonds. The summed E-state index contributed by atoms with van der Waals surface area (Å²) in [5.41, 5.74) is 0.280. The second-order valence-corrected chi connectivity index (χ2v) is 8.05. The molecule has 0 saturated heterocycles. The third kappa shape index (κ3) is 2.31. The minimum Gasteiger partial charge on any atom is -0.364 e. The van der Waals surface area contributed by atoms with Crippen LogP contribution in [0.15, 0.2) is 11.2 Å². The summed E-state index contributed by atoms with van der Waals surface area (Å²) in [5, 5.41) is 5.05. The predicted octanol–water partition coefficient (Wildman–Crippen LogP) is 4.23. The third-order valence-electron chi connectivity index (χ3n) is 5.29. The first-order chi connectivity index (χ1) is 9.64. The summed E-state index contributed by atoms with van der Waals surface area (Å²) < 4.78 is 0. The Morgan fingerprint density at radius 2 is 1.75 bits per heavy atom. The minimum atomic E-state index is 0.280. The molecule has 0 aromatic carbocycles. The molecule has 4 saturated carbocycles. The lowest BCUT2D eigenvalue weighted by molar-refractivity contribution is 0.0105. The molecule has 0 radical (unpaired) electrons. The summed E-state index contributed by atoms with van der Waals surface area (Å²) in [6.07, 6.45) is 10.3. The van der Waals surface area contributed by atoms with Gasteiger partial charge in [-0.2, -0.15) is 0 Å². The molecule has 4 bridgehead atoms. The molecule has 4 aliphatic carbocycles. The Hall–Kier alpha value is -0.480. The van der Waals surface area contributed by atoms with Gasteiger partial charge in [-0.15, -0.1) is 0 Å². The summed E-state index contributed by atoms with van der Waals surface area (Å²) >= 11 is 7.65. The van der Waals surface area contributed by atoms with E-state index in [-0.39, 0.29) is 5.54 Å². The second kappa shape index (κ2) is 4.77. The first kappa shape index (κ1) is 13.2. The van der Waals surface area contributed by atoms with Gasteiger partial charge in [0.15, 0.2) is 5.16 Å². The van der Waals surface area contributed by atoms with Gasteiger partial charge in [0.1, 0.15) is 11.0 Å². The molecule has 3 nitrogen and oxygen atoms in total. The van der Waals surface area contributed by atoms with Gasteiger partial charge in [0.05, 0.1) is 0 Å². The van der Waals surface area contributed by atoms with Crippen LogP contribution in [-0.2, 0) is 0 Å². The van der Waals surface area contributed by atoms with E-state index < -0.39 is 0 Å². The van der Waals surface area contributed by atoms with Gasteiger partial charge < -0.3 is 5.32 Å². The average Bonchev–Trinajstić information content (AvgIpc) is 2.35. The Bertz CT molecular complexity index is 499. The first-order valence-electron chi connectivity index (χ1n) is 7.51. The molecule has 1 heterocycles. The van der Waals surface area contributed by atoms with Gasteiger partial charge >= 0.3 is 0 Å². The number of rotatable bonds is 3. The lowest BCUT2D eigenvalue weighted by Gasteiger charge is -2.57. The Morgan fingerprint density at radius 1 is 1.15 bits per heavy atom. The van der Waals surface area contributed by atoms with E-state index in [0.29, 0.717) is 5.15 Å². The van der Waals surface area contributed by atoms with Gasteiger partial charge in [0.2, 0.25) is 0 Å². The highest BCUT2D eigenvalue weighted by molar-refractivity contribution is 7.98. The van der Waals surface area contributed by atoms with Gasteiger partial charge in [-0.25, -0.2) is 9.97 Å². The van der Waals surface area contributed by atoms with Crippen LogP contribution < -0.4 is 5.32 Å². The van der Waals surface area contributed by atoms with Crippen LogP contribution >= 0.6 is 23.4 Å². The molecule has 0 unspecified atom stereocenters. The molecule has 0 aliphatic heterocycles. The van der Waals surface area contributed by atoms with Crippen molar-refractivity contribution < 1.29 is 0 Å². The summed E-state index contributed by atoms with van der Waals surface area (Å²) in [4.78, 5) is 8.81. The van der Waals surface area contributed by atoms with Crippen molar-refractivity contribution in [2.75, 3.05) is 11.6 Å². The van der Waals surface area contributed by atoms with Crippen LogP contribution in [0.1, 0.15) is 38.5 Å². The summed E-state index contributed by atoms with van der Waals surface area (Å²) in [7, 11) is 0. The van der Waals surface area contributed by atoms with Crippen molar-refractivity contribution >= 4 is 29.2 Å². The van der Waals surface area contributed by atoms with Crippen LogP contribution in [0.3, 0.4) is 0 Å². The van der Waals surface area contributed by atoms with Crippen molar-refractivity contribution in [1.29, 1.82) is 0 Å². The molecular formula is C15H20ClN3S. The number of anilines is 1. The maximum Gasteiger partial charge on any atom is 0.190 e. The zero-order valence-electron chi connectivity index (χ0n) is 11.7. The van der Waals surface area contributed by atoms with Crippen LogP contribution in [0.4, 0.5) is 5.82 Å². The van der Waals surface area contributed by atoms with Crippen molar-refractivity contribution in [3.63, 3.8) is 0 Å². The fraction of sp³-hybridized carbons (Fsp3) is 0.733. The molecule has 1 N–H and O–H groups in total. The van der Waals surface area contributed by atoms with Crippen LogP contribution in [0.25, 0.3) is 0 Å². The highest BCUT2D eigenvalue weighted by atomic mass is 35.5. The number of thioether (sulfide) groups is 1. The fourth-order valence-corrected chi connectivity index (χ4v) is 5.70. The largest absolute Gasteiger partial charge is 0.364 e. The van der Waals surface area contributed by atoms with Crippen LogP contribution in [-0.4, -0.2) is 21.8 Å². The van der Waals surface area contributed by atoms with Crippen molar-refractivity contribution in [3.05, 3.63) is 11.2 Å². The molecule has 1 aromatic heterocycles. The minimum absolute atomic E-state index is 0.280. The quantitative estimate of drug-likeness (QED) is 0.515. The van der Waals surface area contributed by atoms with Gasteiger partial charge in [-0.1, -0.05) is 23.4 Å². The van der Waals surface area contributed by atoms with E-state index in [0.717, 1.165) is 28.7 Å². The molecule has 0 atom stereocenters. The third-order valence-corrected chi connectivity index (χ3v) is 6.03. The van der Waals surface area contributed by atoms with E-state index in [4.69, 9.17) is 11.6 Å². The predicted molar refractivity (Wildman–Crippen MR) is 83.3 cm³/mol. The Labute approximate surface area is 129 Å². The fourth-order valence-electron chi connectivity index (χ4n) is 5.09. The Balaban J connectivity index is 1.61. The first-order valence-corrected chi connectivity index (χ1v) is 9.11. The highest BCUT2D eigenvalue weighted by Gasteiger charge is 2.51. The van der Waals surface area contributed by atoms with E-state index in [1.165, 1.54) is 38.5 Å². The number of halogens is 1. The van der Waals surface area contributed by atoms with E-state index in [1.54, 1.807) is 11.8 Å². The number of aromatic nitrogens is 2. The molecule has 1 aromatic rings. The monoisotopic (exact) mass is 309 g/mol. The molecule has 5 rings (SSSR count). The molecule has 4 fully saturated rings. The zero-order valence-corrected chi connectivity index (χ0v) is 13.3. The van der Waals surface area contributed by atoms with Gasteiger partial charge in [-0.3, -0.25) is 0 Å². The second-order valence-electron chi connectivity index (χ2n) is 6.89. The van der Waals surface area contributed by atoms with Gasteiger partial charge in [0.25, 0.3) is 0 Å². The number of nitrogens with zero attached hydrogens (tertiary/aromatic N) is 2. The molecule has 20 heavy (non-hydrogen) atoms. The standard InChI is InChI=1S/C15H20ClN3S/c1-20-14-17-12(16)5-13(18-14)19-15-6-9-2-10(7-15)4-11(3-9)8-15/h5,9-11H,2-4,6-8H2,1H3,(H,17,18,19). The highest BCUT2D eigenvalue weighted by Crippen LogP contribution is 2.56. The molecule has 0 spiro atoms. The summed E-state index contributed by atoms with van der Waals surface area (Å²) in [5.74, 6) is 3.72. The summed E-state index contributed by atoms with van der Waals surface area (Å²) in [6.45, 7) is 0. The molecule has 108 valence electrons. The van der Waals surface area contributed by atoms with E-state index in [1.807, 2.05) is 12.3 Å². The van der Waals surface area contributed by atoms with Crippen LogP contribution in [0.2, 0.25) is 5.15 Å². The van der Waals surface area contributed by atoms with Crippen molar-refractivity contribution in [1.82, 2.24) is 9.97 Å². The normalized spacial score (nSPS) is 38.2. The van der Waals surface area contributed by atoms with Gasteiger partial charge in [0, 0.05) is 11.6 Å². The Kier molecular flexibility index (Phi) is 3.15. The van der Waals surface area contributed by atoms with Crippen molar-refractivity contribution in [2.24, 2.45) is 17.8 Å². The van der Waals surface area contributed by atoms with Crippen molar-refractivity contribution in [2.45, 2.75) is 49.2 Å². The van der Waals surface area contributed by atoms with E-state index in [2.05, 4.69) is 15.3 Å². The van der Waals surface area contributed by atoms with Crippen LogP contribution in [0, 0.1) is 17.8 Å². The molecular weight excluding hydrogens is 290 g/mol. The maximum atomic E-state index is 6.11. The molecule has 5 heteroatoms. The van der Waals surface area contributed by atoms with E-state index >= 15 is 0 Å². The topological polar surface area (TPSA) is 37.8 Å². The maximum absolute atomic E-state index is 6.11. The summed E-state index contributed by atoms with van der Waals surface area (Å²) in [6, 6.07) is 1.87. The lowest BCUT2D eigenvalue weighted by Crippen LogP contribution is -2.54. The SMILES string of the molecule is CSc1nc(Cl)cc(NC23CC4CC(CC(C4)C2)C3)n1.